The molecule has 0 aliphatic rings. The standard InChI is InChI=1S/C11H10ClN3S/c1-8-7-16-11(14-8)15-13-6-9-3-2-4-10(12)5-9/h2-7H,1H3,(H,14,15). The van der Waals surface area contributed by atoms with Crippen LogP contribution in [0, 0.1) is 6.92 Å². The van der Waals surface area contributed by atoms with Crippen molar-refractivity contribution in [3.8, 4) is 0 Å². The lowest BCUT2D eigenvalue weighted by molar-refractivity contribution is 1.22. The van der Waals surface area contributed by atoms with E-state index in [0.29, 0.717) is 5.02 Å². The van der Waals surface area contributed by atoms with Crippen LogP contribution < -0.4 is 5.43 Å². The summed E-state index contributed by atoms with van der Waals surface area (Å²) in [5.74, 6) is 0. The Labute approximate surface area is 103 Å². The van der Waals surface area contributed by atoms with Gasteiger partial charge >= 0.3 is 0 Å². The van der Waals surface area contributed by atoms with Crippen LogP contribution in [0.4, 0.5) is 5.13 Å². The second-order valence-corrected chi connectivity index (χ2v) is 4.51. The van der Waals surface area contributed by atoms with Gasteiger partial charge in [-0.3, -0.25) is 5.43 Å². The van der Waals surface area contributed by atoms with Crippen LogP contribution in [0.15, 0.2) is 34.7 Å². The van der Waals surface area contributed by atoms with Crippen molar-refractivity contribution in [3.63, 3.8) is 0 Å². The minimum atomic E-state index is 0.703. The number of hydrogen-bond donors (Lipinski definition) is 1. The third-order valence-electron chi connectivity index (χ3n) is 1.84. The SMILES string of the molecule is Cc1csc(NN=Cc2cccc(Cl)c2)n1. The summed E-state index contributed by atoms with van der Waals surface area (Å²) in [6, 6.07) is 7.50. The summed E-state index contributed by atoms with van der Waals surface area (Å²) < 4.78 is 0. The van der Waals surface area contributed by atoms with Gasteiger partial charge in [-0.15, -0.1) is 11.3 Å². The average Bonchev–Trinajstić information content (AvgIpc) is 2.64. The molecule has 0 aliphatic carbocycles. The molecule has 0 fully saturated rings. The number of benzene rings is 1. The van der Waals surface area contributed by atoms with E-state index < -0.39 is 0 Å². The molecule has 16 heavy (non-hydrogen) atoms. The minimum absolute atomic E-state index is 0.703. The molecule has 0 radical (unpaired) electrons. The Hall–Kier alpha value is -1.39. The fourth-order valence-electron chi connectivity index (χ4n) is 1.15. The molecule has 1 heterocycles. The summed E-state index contributed by atoms with van der Waals surface area (Å²) >= 11 is 7.38. The summed E-state index contributed by atoms with van der Waals surface area (Å²) in [7, 11) is 0. The van der Waals surface area contributed by atoms with Crippen LogP contribution in [0.2, 0.25) is 5.02 Å². The monoisotopic (exact) mass is 251 g/mol. The molecular formula is C11H10ClN3S. The third-order valence-corrected chi connectivity index (χ3v) is 2.94. The smallest absolute Gasteiger partial charge is 0.203 e. The maximum Gasteiger partial charge on any atom is 0.203 e. The van der Waals surface area contributed by atoms with Crippen LogP contribution in [0.3, 0.4) is 0 Å². The molecule has 0 aliphatic heterocycles. The van der Waals surface area contributed by atoms with E-state index in [0.717, 1.165) is 16.4 Å². The molecule has 82 valence electrons. The van der Waals surface area contributed by atoms with Crippen LogP contribution in [-0.4, -0.2) is 11.2 Å². The molecule has 2 aromatic rings. The second kappa shape index (κ2) is 5.09. The van der Waals surface area contributed by atoms with E-state index in [4.69, 9.17) is 11.6 Å². The highest BCUT2D eigenvalue weighted by atomic mass is 35.5. The largest absolute Gasteiger partial charge is 0.253 e. The highest BCUT2D eigenvalue weighted by Crippen LogP contribution is 2.14. The number of thiazole rings is 1. The molecule has 0 bridgehead atoms. The highest BCUT2D eigenvalue weighted by molar-refractivity contribution is 7.13. The van der Waals surface area contributed by atoms with Crippen molar-refractivity contribution in [2.45, 2.75) is 6.92 Å². The van der Waals surface area contributed by atoms with Crippen molar-refractivity contribution in [3.05, 3.63) is 45.9 Å². The number of hydrogen-bond acceptors (Lipinski definition) is 4. The molecule has 0 saturated heterocycles. The summed E-state index contributed by atoms with van der Waals surface area (Å²) in [6.45, 7) is 1.95. The molecule has 3 nitrogen and oxygen atoms in total. The van der Waals surface area contributed by atoms with E-state index >= 15 is 0 Å². The Balaban J connectivity index is 2.00. The first kappa shape index (κ1) is 11.1. The van der Waals surface area contributed by atoms with Crippen LogP contribution in [0.5, 0.6) is 0 Å². The molecule has 1 N–H and O–H groups in total. The molecular weight excluding hydrogens is 242 g/mol. The first-order chi connectivity index (χ1) is 7.74. The van der Waals surface area contributed by atoms with E-state index in [1.807, 2.05) is 36.6 Å². The van der Waals surface area contributed by atoms with E-state index in [9.17, 15) is 0 Å². The Morgan fingerprint density at radius 2 is 2.38 bits per heavy atom. The first-order valence-electron chi connectivity index (χ1n) is 4.71. The number of halogens is 1. The molecule has 0 unspecified atom stereocenters. The van der Waals surface area contributed by atoms with Gasteiger partial charge in [0.2, 0.25) is 5.13 Å². The van der Waals surface area contributed by atoms with Gasteiger partial charge in [-0.2, -0.15) is 5.10 Å². The van der Waals surface area contributed by atoms with Gasteiger partial charge in [0.15, 0.2) is 0 Å². The number of hydrazone groups is 1. The van der Waals surface area contributed by atoms with E-state index in [2.05, 4.69) is 15.5 Å². The maximum absolute atomic E-state index is 5.85. The lowest BCUT2D eigenvalue weighted by Gasteiger charge is -1.94. The molecule has 0 amide bonds. The zero-order chi connectivity index (χ0) is 11.4. The van der Waals surface area contributed by atoms with Gasteiger partial charge < -0.3 is 0 Å². The first-order valence-corrected chi connectivity index (χ1v) is 5.96. The number of nitrogens with zero attached hydrogens (tertiary/aromatic N) is 2. The fourth-order valence-corrected chi connectivity index (χ4v) is 1.99. The van der Waals surface area contributed by atoms with Gasteiger partial charge in [0.05, 0.1) is 11.9 Å². The number of nitrogens with one attached hydrogen (secondary N) is 1. The maximum atomic E-state index is 5.85. The summed E-state index contributed by atoms with van der Waals surface area (Å²) in [5, 5.41) is 7.54. The number of aryl methyl sites for hydroxylation is 1. The number of rotatable bonds is 3. The van der Waals surface area contributed by atoms with Gasteiger partial charge in [0.25, 0.3) is 0 Å². The van der Waals surface area contributed by atoms with Crippen molar-refractivity contribution >= 4 is 34.3 Å². The Bertz CT molecular complexity index is 507. The van der Waals surface area contributed by atoms with Crippen molar-refractivity contribution < 1.29 is 0 Å². The molecule has 0 saturated carbocycles. The predicted octanol–water partition coefficient (Wildman–Crippen LogP) is 3.55. The van der Waals surface area contributed by atoms with E-state index in [-0.39, 0.29) is 0 Å². The summed E-state index contributed by atoms with van der Waals surface area (Å²) in [6.07, 6.45) is 1.71. The van der Waals surface area contributed by atoms with Crippen molar-refractivity contribution in [2.24, 2.45) is 5.10 Å². The van der Waals surface area contributed by atoms with Crippen molar-refractivity contribution in [1.82, 2.24) is 4.98 Å². The van der Waals surface area contributed by atoms with Gasteiger partial charge in [0, 0.05) is 10.4 Å². The van der Waals surface area contributed by atoms with Gasteiger partial charge in [-0.1, -0.05) is 23.7 Å². The summed E-state index contributed by atoms with van der Waals surface area (Å²) in [4.78, 5) is 4.23. The number of anilines is 1. The Morgan fingerprint density at radius 3 is 3.06 bits per heavy atom. The molecule has 1 aromatic carbocycles. The van der Waals surface area contributed by atoms with Crippen molar-refractivity contribution in [1.29, 1.82) is 0 Å². The van der Waals surface area contributed by atoms with E-state index in [1.165, 1.54) is 11.3 Å². The van der Waals surface area contributed by atoms with Crippen LogP contribution in [0.1, 0.15) is 11.3 Å². The summed E-state index contributed by atoms with van der Waals surface area (Å²) in [5.41, 5.74) is 4.81. The van der Waals surface area contributed by atoms with Gasteiger partial charge in [0.1, 0.15) is 0 Å². The average molecular weight is 252 g/mol. The second-order valence-electron chi connectivity index (χ2n) is 3.22. The topological polar surface area (TPSA) is 37.3 Å². The zero-order valence-corrected chi connectivity index (χ0v) is 10.2. The lowest BCUT2D eigenvalue weighted by Crippen LogP contribution is -1.89. The van der Waals surface area contributed by atoms with Gasteiger partial charge in [-0.05, 0) is 24.6 Å². The quantitative estimate of drug-likeness (QED) is 0.669. The third kappa shape index (κ3) is 3.05. The van der Waals surface area contributed by atoms with E-state index in [1.54, 1.807) is 6.21 Å². The van der Waals surface area contributed by atoms with Gasteiger partial charge in [-0.25, -0.2) is 4.98 Å². The predicted molar refractivity (Wildman–Crippen MR) is 69.5 cm³/mol. The fraction of sp³-hybridized carbons (Fsp3) is 0.0909. The molecule has 2 rings (SSSR count). The van der Waals surface area contributed by atoms with Crippen LogP contribution in [0.25, 0.3) is 0 Å². The molecule has 5 heteroatoms. The molecule has 0 spiro atoms. The highest BCUT2D eigenvalue weighted by Gasteiger charge is 1.94. The Kier molecular flexibility index (Phi) is 3.54. The minimum Gasteiger partial charge on any atom is -0.253 e. The van der Waals surface area contributed by atoms with Crippen molar-refractivity contribution in [2.75, 3.05) is 5.43 Å². The van der Waals surface area contributed by atoms with Crippen LogP contribution in [-0.2, 0) is 0 Å². The molecule has 1 aromatic heterocycles. The van der Waals surface area contributed by atoms with Crippen LogP contribution >= 0.6 is 22.9 Å². The number of aromatic nitrogens is 1. The Morgan fingerprint density at radius 1 is 1.50 bits per heavy atom. The lowest BCUT2D eigenvalue weighted by atomic mass is 10.2. The molecule has 0 atom stereocenters. The zero-order valence-electron chi connectivity index (χ0n) is 8.64. The normalized spacial score (nSPS) is 10.9.